The average Bonchev–Trinajstić information content (AvgIpc) is 3.28. The van der Waals surface area contributed by atoms with Crippen LogP contribution in [0.5, 0.6) is 0 Å². The highest BCUT2D eigenvalue weighted by Gasteiger charge is 2.09. The molecular formula is C19H12N4S. The standard InChI is InChI=1S/C19H12N4S/c1-2-6-18-17(5-1)22-19(24-18)14-11-21-23(12-14)15-7-8-16-13(10-15)4-3-9-20-16/h1-12H. The molecule has 0 fully saturated rings. The minimum Gasteiger partial charge on any atom is -0.256 e. The van der Waals surface area contributed by atoms with E-state index >= 15 is 0 Å². The lowest BCUT2D eigenvalue weighted by molar-refractivity contribution is 0.882. The summed E-state index contributed by atoms with van der Waals surface area (Å²) >= 11 is 1.69. The molecule has 2 aromatic carbocycles. The molecular weight excluding hydrogens is 316 g/mol. The second-order valence-corrected chi connectivity index (χ2v) is 6.57. The molecule has 0 spiro atoms. The minimum atomic E-state index is 0.986. The highest BCUT2D eigenvalue weighted by atomic mass is 32.1. The summed E-state index contributed by atoms with van der Waals surface area (Å²) in [5.41, 5.74) is 4.06. The van der Waals surface area contributed by atoms with Crippen LogP contribution in [0.25, 0.3) is 37.4 Å². The lowest BCUT2D eigenvalue weighted by atomic mass is 10.2. The highest BCUT2D eigenvalue weighted by molar-refractivity contribution is 7.21. The zero-order valence-electron chi connectivity index (χ0n) is 12.6. The van der Waals surface area contributed by atoms with Gasteiger partial charge in [-0.2, -0.15) is 5.10 Å². The van der Waals surface area contributed by atoms with E-state index in [-0.39, 0.29) is 0 Å². The topological polar surface area (TPSA) is 43.6 Å². The summed E-state index contributed by atoms with van der Waals surface area (Å²) < 4.78 is 3.07. The first-order valence-corrected chi connectivity index (χ1v) is 8.44. The van der Waals surface area contributed by atoms with E-state index in [4.69, 9.17) is 4.98 Å². The Morgan fingerprint density at radius 3 is 2.83 bits per heavy atom. The Labute approximate surface area is 142 Å². The van der Waals surface area contributed by atoms with Crippen LogP contribution >= 0.6 is 11.3 Å². The van der Waals surface area contributed by atoms with Crippen LogP contribution in [-0.2, 0) is 0 Å². The highest BCUT2D eigenvalue weighted by Crippen LogP contribution is 2.30. The Bertz CT molecular complexity index is 1140. The van der Waals surface area contributed by atoms with Crippen LogP contribution in [0.4, 0.5) is 0 Å². The van der Waals surface area contributed by atoms with E-state index in [1.807, 2.05) is 53.5 Å². The van der Waals surface area contributed by atoms with Gasteiger partial charge in [-0.1, -0.05) is 18.2 Å². The van der Waals surface area contributed by atoms with Gasteiger partial charge in [-0.25, -0.2) is 9.67 Å². The molecule has 5 rings (SSSR count). The minimum absolute atomic E-state index is 0.986. The molecule has 114 valence electrons. The fraction of sp³-hybridized carbons (Fsp3) is 0. The molecule has 0 N–H and O–H groups in total. The third kappa shape index (κ3) is 2.18. The Balaban J connectivity index is 1.58. The van der Waals surface area contributed by atoms with E-state index in [1.54, 1.807) is 17.5 Å². The molecule has 0 unspecified atom stereocenters. The van der Waals surface area contributed by atoms with Crippen molar-refractivity contribution < 1.29 is 0 Å². The molecule has 3 aromatic heterocycles. The van der Waals surface area contributed by atoms with E-state index in [0.29, 0.717) is 0 Å². The molecule has 24 heavy (non-hydrogen) atoms. The van der Waals surface area contributed by atoms with Crippen molar-refractivity contribution in [3.8, 4) is 16.3 Å². The monoisotopic (exact) mass is 328 g/mol. The van der Waals surface area contributed by atoms with E-state index < -0.39 is 0 Å². The van der Waals surface area contributed by atoms with Crippen LogP contribution in [0.15, 0.2) is 73.2 Å². The molecule has 0 aliphatic heterocycles. The maximum atomic E-state index is 4.70. The van der Waals surface area contributed by atoms with Gasteiger partial charge in [0.25, 0.3) is 0 Å². The van der Waals surface area contributed by atoms with Gasteiger partial charge in [0, 0.05) is 23.3 Å². The molecule has 0 amide bonds. The van der Waals surface area contributed by atoms with Crippen LogP contribution < -0.4 is 0 Å². The summed E-state index contributed by atoms with van der Waals surface area (Å²) in [5, 5.41) is 6.60. The van der Waals surface area contributed by atoms with Crippen LogP contribution in [-0.4, -0.2) is 19.7 Å². The summed E-state index contributed by atoms with van der Waals surface area (Å²) in [5.74, 6) is 0. The number of nitrogens with zero attached hydrogens (tertiary/aromatic N) is 4. The zero-order valence-corrected chi connectivity index (χ0v) is 13.4. The van der Waals surface area contributed by atoms with E-state index in [1.165, 1.54) is 4.70 Å². The first-order valence-electron chi connectivity index (χ1n) is 7.63. The number of hydrogen-bond donors (Lipinski definition) is 0. The lowest BCUT2D eigenvalue weighted by Crippen LogP contribution is -1.93. The van der Waals surface area contributed by atoms with Gasteiger partial charge in [0.15, 0.2) is 0 Å². The Hall–Kier alpha value is -3.05. The van der Waals surface area contributed by atoms with E-state index in [0.717, 1.165) is 32.7 Å². The third-order valence-electron chi connectivity index (χ3n) is 3.97. The maximum absolute atomic E-state index is 4.70. The quantitative estimate of drug-likeness (QED) is 0.472. The number of rotatable bonds is 2. The van der Waals surface area contributed by atoms with Gasteiger partial charge in [-0.05, 0) is 36.4 Å². The SMILES string of the molecule is c1cnc2ccc(-n3cc(-c4nc5ccccc5s4)cn3)cc2c1. The molecule has 0 aliphatic rings. The summed E-state index contributed by atoms with van der Waals surface area (Å²) in [7, 11) is 0. The molecule has 0 saturated carbocycles. The second-order valence-electron chi connectivity index (χ2n) is 5.54. The molecule has 0 atom stereocenters. The molecule has 5 heteroatoms. The van der Waals surface area contributed by atoms with Crippen molar-refractivity contribution in [2.24, 2.45) is 0 Å². The summed E-state index contributed by atoms with van der Waals surface area (Å²) in [6.07, 6.45) is 5.70. The number of fused-ring (bicyclic) bond motifs is 2. The predicted octanol–water partition coefficient (Wildman–Crippen LogP) is 4.70. The van der Waals surface area contributed by atoms with Gasteiger partial charge in [0.2, 0.25) is 0 Å². The fourth-order valence-electron chi connectivity index (χ4n) is 2.78. The van der Waals surface area contributed by atoms with Gasteiger partial charge >= 0.3 is 0 Å². The Kier molecular flexibility index (Phi) is 2.93. The van der Waals surface area contributed by atoms with Gasteiger partial charge in [-0.15, -0.1) is 11.3 Å². The maximum Gasteiger partial charge on any atom is 0.127 e. The predicted molar refractivity (Wildman–Crippen MR) is 97.5 cm³/mol. The first-order chi connectivity index (χ1) is 11.9. The number of benzene rings is 2. The van der Waals surface area contributed by atoms with Gasteiger partial charge in [0.1, 0.15) is 5.01 Å². The van der Waals surface area contributed by atoms with Gasteiger partial charge in [0.05, 0.1) is 27.6 Å². The third-order valence-corrected chi connectivity index (χ3v) is 5.06. The molecule has 4 nitrogen and oxygen atoms in total. The number of hydrogen-bond acceptors (Lipinski definition) is 4. The van der Waals surface area contributed by atoms with Crippen molar-refractivity contribution in [1.29, 1.82) is 0 Å². The van der Waals surface area contributed by atoms with Crippen molar-refractivity contribution in [2.45, 2.75) is 0 Å². The molecule has 0 aliphatic carbocycles. The van der Waals surface area contributed by atoms with Crippen LogP contribution in [0, 0.1) is 0 Å². The largest absolute Gasteiger partial charge is 0.256 e. The number of thiazole rings is 1. The molecule has 0 bridgehead atoms. The van der Waals surface area contributed by atoms with E-state index in [9.17, 15) is 0 Å². The van der Waals surface area contributed by atoms with Crippen molar-refractivity contribution in [3.63, 3.8) is 0 Å². The Morgan fingerprint density at radius 1 is 0.917 bits per heavy atom. The molecule has 0 saturated heterocycles. The van der Waals surface area contributed by atoms with Crippen molar-refractivity contribution in [2.75, 3.05) is 0 Å². The smallest absolute Gasteiger partial charge is 0.127 e. The van der Waals surface area contributed by atoms with Crippen molar-refractivity contribution in [3.05, 3.63) is 73.2 Å². The van der Waals surface area contributed by atoms with Crippen molar-refractivity contribution in [1.82, 2.24) is 19.7 Å². The number of pyridine rings is 1. The summed E-state index contributed by atoms with van der Waals surface area (Å²) in [6.45, 7) is 0. The molecule has 0 radical (unpaired) electrons. The summed E-state index contributed by atoms with van der Waals surface area (Å²) in [4.78, 5) is 9.05. The van der Waals surface area contributed by atoms with E-state index in [2.05, 4.69) is 28.3 Å². The normalized spacial score (nSPS) is 11.3. The van der Waals surface area contributed by atoms with Gasteiger partial charge in [-0.3, -0.25) is 4.98 Å². The number of aromatic nitrogens is 4. The first kappa shape index (κ1) is 13.4. The average molecular weight is 328 g/mol. The fourth-order valence-corrected chi connectivity index (χ4v) is 3.72. The van der Waals surface area contributed by atoms with Crippen LogP contribution in [0.2, 0.25) is 0 Å². The molecule has 3 heterocycles. The van der Waals surface area contributed by atoms with Crippen LogP contribution in [0.3, 0.4) is 0 Å². The van der Waals surface area contributed by atoms with Crippen molar-refractivity contribution >= 4 is 32.5 Å². The summed E-state index contributed by atoms with van der Waals surface area (Å²) in [6, 6.07) is 18.3. The van der Waals surface area contributed by atoms with Gasteiger partial charge < -0.3 is 0 Å². The molecule has 5 aromatic rings. The Morgan fingerprint density at radius 2 is 1.88 bits per heavy atom. The van der Waals surface area contributed by atoms with Crippen LogP contribution in [0.1, 0.15) is 0 Å². The second kappa shape index (κ2) is 5.25. The zero-order chi connectivity index (χ0) is 15.9. The lowest BCUT2D eigenvalue weighted by Gasteiger charge is -2.02. The number of para-hydroxylation sites is 1.